The van der Waals surface area contributed by atoms with Gasteiger partial charge < -0.3 is 10.2 Å². The highest BCUT2D eigenvalue weighted by Crippen LogP contribution is 2.19. The van der Waals surface area contributed by atoms with Crippen molar-refractivity contribution in [3.63, 3.8) is 0 Å². The monoisotopic (exact) mass is 226 g/mol. The molecule has 1 fully saturated rings. The van der Waals surface area contributed by atoms with E-state index in [1.165, 1.54) is 12.8 Å². The Morgan fingerprint density at radius 2 is 2.12 bits per heavy atom. The van der Waals surface area contributed by atoms with Gasteiger partial charge in [-0.3, -0.25) is 4.79 Å². The summed E-state index contributed by atoms with van der Waals surface area (Å²) in [6, 6.07) is 0.491. The molecular formula is C13H26N2O. The van der Waals surface area contributed by atoms with Gasteiger partial charge in [-0.2, -0.15) is 0 Å². The molecule has 0 aromatic rings. The van der Waals surface area contributed by atoms with Gasteiger partial charge in [0.25, 0.3) is 0 Å². The van der Waals surface area contributed by atoms with E-state index in [2.05, 4.69) is 26.1 Å². The van der Waals surface area contributed by atoms with Crippen molar-refractivity contribution >= 4 is 5.91 Å². The average Bonchev–Trinajstić information content (AvgIpc) is 2.25. The summed E-state index contributed by atoms with van der Waals surface area (Å²) < 4.78 is 0. The zero-order valence-electron chi connectivity index (χ0n) is 11.1. The van der Waals surface area contributed by atoms with Crippen molar-refractivity contribution in [1.82, 2.24) is 10.2 Å². The first-order valence-electron chi connectivity index (χ1n) is 6.51. The zero-order chi connectivity index (χ0) is 12.1. The number of nitrogens with zero attached hydrogens (tertiary/aromatic N) is 1. The molecule has 0 spiro atoms. The van der Waals surface area contributed by atoms with E-state index in [-0.39, 0.29) is 5.91 Å². The Kier molecular flexibility index (Phi) is 5.26. The van der Waals surface area contributed by atoms with Gasteiger partial charge in [0.1, 0.15) is 0 Å². The zero-order valence-corrected chi connectivity index (χ0v) is 11.1. The lowest BCUT2D eigenvalue weighted by molar-refractivity contribution is -0.131. The van der Waals surface area contributed by atoms with E-state index in [0.717, 1.165) is 19.6 Å². The van der Waals surface area contributed by atoms with Crippen LogP contribution in [0.2, 0.25) is 0 Å². The molecule has 2 unspecified atom stereocenters. The lowest BCUT2D eigenvalue weighted by Crippen LogP contribution is -2.51. The third-order valence-corrected chi connectivity index (χ3v) is 3.37. The summed E-state index contributed by atoms with van der Waals surface area (Å²) in [6.45, 7) is 11.2. The number of hydrogen-bond acceptors (Lipinski definition) is 2. The van der Waals surface area contributed by atoms with Crippen LogP contribution in [0.4, 0.5) is 0 Å². The maximum atomic E-state index is 11.4. The van der Waals surface area contributed by atoms with E-state index < -0.39 is 0 Å². The van der Waals surface area contributed by atoms with Gasteiger partial charge in [0.05, 0.1) is 0 Å². The fourth-order valence-corrected chi connectivity index (χ4v) is 2.31. The van der Waals surface area contributed by atoms with Crippen molar-refractivity contribution in [2.45, 2.75) is 46.6 Å². The Morgan fingerprint density at radius 3 is 2.62 bits per heavy atom. The molecule has 1 amide bonds. The SMILES string of the molecule is CCC1CC(NCC(C)C)CN(C(C)=O)C1. The summed E-state index contributed by atoms with van der Waals surface area (Å²) in [5, 5.41) is 3.58. The largest absolute Gasteiger partial charge is 0.341 e. The minimum absolute atomic E-state index is 0.217. The van der Waals surface area contributed by atoms with Crippen molar-refractivity contribution in [3.8, 4) is 0 Å². The van der Waals surface area contributed by atoms with Crippen LogP contribution in [-0.2, 0) is 4.79 Å². The van der Waals surface area contributed by atoms with E-state index in [0.29, 0.717) is 17.9 Å². The van der Waals surface area contributed by atoms with Crippen LogP contribution in [0.5, 0.6) is 0 Å². The number of carbonyl (C=O) groups is 1. The first kappa shape index (κ1) is 13.5. The van der Waals surface area contributed by atoms with Crippen molar-refractivity contribution < 1.29 is 4.79 Å². The molecule has 0 aromatic carbocycles. The highest BCUT2D eigenvalue weighted by Gasteiger charge is 2.27. The van der Waals surface area contributed by atoms with Gasteiger partial charge in [-0.1, -0.05) is 27.2 Å². The molecule has 1 heterocycles. The predicted molar refractivity (Wildman–Crippen MR) is 67.3 cm³/mol. The van der Waals surface area contributed by atoms with Crippen LogP contribution in [0.3, 0.4) is 0 Å². The molecule has 1 rings (SSSR count). The van der Waals surface area contributed by atoms with Crippen LogP contribution in [0.25, 0.3) is 0 Å². The molecule has 1 aliphatic rings. The highest BCUT2D eigenvalue weighted by atomic mass is 16.2. The molecule has 0 aromatic heterocycles. The van der Waals surface area contributed by atoms with Crippen LogP contribution >= 0.6 is 0 Å². The van der Waals surface area contributed by atoms with Crippen LogP contribution < -0.4 is 5.32 Å². The summed E-state index contributed by atoms with van der Waals surface area (Å²) in [4.78, 5) is 13.4. The van der Waals surface area contributed by atoms with Crippen molar-refractivity contribution in [1.29, 1.82) is 0 Å². The molecule has 1 aliphatic heterocycles. The Bertz CT molecular complexity index is 228. The molecule has 0 aliphatic carbocycles. The summed E-state index contributed by atoms with van der Waals surface area (Å²) in [5.74, 6) is 1.56. The third-order valence-electron chi connectivity index (χ3n) is 3.37. The number of likely N-dealkylation sites (tertiary alicyclic amines) is 1. The molecular weight excluding hydrogens is 200 g/mol. The summed E-state index contributed by atoms with van der Waals surface area (Å²) in [5.41, 5.74) is 0. The highest BCUT2D eigenvalue weighted by molar-refractivity contribution is 5.73. The molecule has 3 heteroatoms. The number of rotatable bonds is 4. The number of piperidine rings is 1. The van der Waals surface area contributed by atoms with Gasteiger partial charge in [0, 0.05) is 26.1 Å². The maximum absolute atomic E-state index is 11.4. The summed E-state index contributed by atoms with van der Waals surface area (Å²) >= 11 is 0. The fraction of sp³-hybridized carbons (Fsp3) is 0.923. The maximum Gasteiger partial charge on any atom is 0.219 e. The normalized spacial score (nSPS) is 26.2. The summed E-state index contributed by atoms with van der Waals surface area (Å²) in [7, 11) is 0. The van der Waals surface area contributed by atoms with Crippen LogP contribution in [0.15, 0.2) is 0 Å². The van der Waals surface area contributed by atoms with Crippen LogP contribution in [0, 0.1) is 11.8 Å². The van der Waals surface area contributed by atoms with Gasteiger partial charge in [-0.15, -0.1) is 0 Å². The number of amides is 1. The van der Waals surface area contributed by atoms with Crippen molar-refractivity contribution in [2.75, 3.05) is 19.6 Å². The molecule has 94 valence electrons. The smallest absolute Gasteiger partial charge is 0.219 e. The Hall–Kier alpha value is -0.570. The van der Waals surface area contributed by atoms with Gasteiger partial charge in [-0.05, 0) is 24.8 Å². The van der Waals surface area contributed by atoms with E-state index in [1.807, 2.05) is 4.90 Å². The predicted octanol–water partition coefficient (Wildman–Crippen LogP) is 1.88. The number of hydrogen-bond donors (Lipinski definition) is 1. The summed E-state index contributed by atoms with van der Waals surface area (Å²) in [6.07, 6.45) is 2.39. The van der Waals surface area contributed by atoms with Gasteiger partial charge in [0.15, 0.2) is 0 Å². The van der Waals surface area contributed by atoms with E-state index in [4.69, 9.17) is 0 Å². The van der Waals surface area contributed by atoms with Crippen molar-refractivity contribution in [2.24, 2.45) is 11.8 Å². The first-order chi connectivity index (χ1) is 7.52. The second-order valence-electron chi connectivity index (χ2n) is 5.43. The lowest BCUT2D eigenvalue weighted by Gasteiger charge is -2.37. The van der Waals surface area contributed by atoms with Crippen LogP contribution in [-0.4, -0.2) is 36.5 Å². The number of carbonyl (C=O) groups excluding carboxylic acids is 1. The topological polar surface area (TPSA) is 32.3 Å². The third kappa shape index (κ3) is 4.12. The molecule has 0 bridgehead atoms. The van der Waals surface area contributed by atoms with Gasteiger partial charge in [0.2, 0.25) is 5.91 Å². The quantitative estimate of drug-likeness (QED) is 0.794. The van der Waals surface area contributed by atoms with E-state index >= 15 is 0 Å². The Morgan fingerprint density at radius 1 is 1.44 bits per heavy atom. The average molecular weight is 226 g/mol. The van der Waals surface area contributed by atoms with Crippen molar-refractivity contribution in [3.05, 3.63) is 0 Å². The molecule has 16 heavy (non-hydrogen) atoms. The molecule has 3 nitrogen and oxygen atoms in total. The molecule has 2 atom stereocenters. The minimum atomic E-state index is 0.217. The standard InChI is InChI=1S/C13H26N2O/c1-5-12-6-13(14-7-10(2)3)9-15(8-12)11(4)16/h10,12-14H,5-9H2,1-4H3. The molecule has 0 radical (unpaired) electrons. The minimum Gasteiger partial charge on any atom is -0.341 e. The second kappa shape index (κ2) is 6.24. The fourth-order valence-electron chi connectivity index (χ4n) is 2.31. The van der Waals surface area contributed by atoms with E-state index in [1.54, 1.807) is 6.92 Å². The van der Waals surface area contributed by atoms with E-state index in [9.17, 15) is 4.79 Å². The first-order valence-corrected chi connectivity index (χ1v) is 6.51. The van der Waals surface area contributed by atoms with Crippen LogP contribution in [0.1, 0.15) is 40.5 Å². The lowest BCUT2D eigenvalue weighted by atomic mass is 9.92. The number of nitrogens with one attached hydrogen (secondary N) is 1. The molecule has 1 saturated heterocycles. The Labute approximate surface area is 99.6 Å². The second-order valence-corrected chi connectivity index (χ2v) is 5.43. The molecule has 0 saturated carbocycles. The van der Waals surface area contributed by atoms with Gasteiger partial charge in [-0.25, -0.2) is 0 Å². The van der Waals surface area contributed by atoms with Gasteiger partial charge >= 0.3 is 0 Å². The molecule has 1 N–H and O–H groups in total. The Balaban J connectivity index is 2.47.